The predicted octanol–water partition coefficient (Wildman–Crippen LogP) is 4.51. The Morgan fingerprint density at radius 3 is 1.97 bits per heavy atom. The fraction of sp³-hybridized carbons (Fsp3) is 0.240. The van der Waals surface area contributed by atoms with E-state index in [1.54, 1.807) is 0 Å². The van der Waals surface area contributed by atoms with Gasteiger partial charge in [0.25, 0.3) is 5.91 Å². The van der Waals surface area contributed by atoms with Gasteiger partial charge in [-0.05, 0) is 48.2 Å². The van der Waals surface area contributed by atoms with Gasteiger partial charge in [-0.2, -0.15) is 0 Å². The molecule has 0 radical (unpaired) electrons. The summed E-state index contributed by atoms with van der Waals surface area (Å²) in [5, 5.41) is 6.73. The van der Waals surface area contributed by atoms with Crippen LogP contribution in [0.4, 0.5) is 4.39 Å². The van der Waals surface area contributed by atoms with Crippen LogP contribution in [-0.4, -0.2) is 24.5 Å². The molecule has 1 fully saturated rings. The number of rotatable bonds is 5. The average molecular weight is 388 g/mol. The highest BCUT2D eigenvalue weighted by atomic mass is 19.1. The van der Waals surface area contributed by atoms with E-state index in [1.165, 1.54) is 35.4 Å². The Bertz CT molecular complexity index is 881. The van der Waals surface area contributed by atoms with Crippen LogP contribution in [0.25, 0.3) is 0 Å². The molecule has 1 amide bonds. The van der Waals surface area contributed by atoms with Crippen molar-refractivity contribution in [3.63, 3.8) is 0 Å². The predicted molar refractivity (Wildman–Crippen MR) is 113 cm³/mol. The molecule has 0 unspecified atom stereocenters. The molecule has 1 saturated heterocycles. The molecular formula is C25H25FN2O. The minimum absolute atomic E-state index is 0.0657. The van der Waals surface area contributed by atoms with Crippen LogP contribution in [0.1, 0.15) is 40.2 Å². The first-order valence-corrected chi connectivity index (χ1v) is 10.1. The summed E-state index contributed by atoms with van der Waals surface area (Å²) in [5.74, 6) is -0.222. The third-order valence-electron chi connectivity index (χ3n) is 5.61. The lowest BCUT2D eigenvalue weighted by molar-refractivity contribution is 0.0926. The first-order valence-electron chi connectivity index (χ1n) is 10.1. The topological polar surface area (TPSA) is 41.1 Å². The summed E-state index contributed by atoms with van der Waals surface area (Å²) in [6.45, 7) is 0.716. The van der Waals surface area contributed by atoms with Crippen molar-refractivity contribution >= 4 is 5.91 Å². The van der Waals surface area contributed by atoms with Gasteiger partial charge in [0.15, 0.2) is 0 Å². The fourth-order valence-corrected chi connectivity index (χ4v) is 4.13. The molecule has 4 rings (SSSR count). The van der Waals surface area contributed by atoms with E-state index >= 15 is 0 Å². The van der Waals surface area contributed by atoms with Crippen molar-refractivity contribution in [2.24, 2.45) is 0 Å². The fourth-order valence-electron chi connectivity index (χ4n) is 4.13. The highest BCUT2D eigenvalue weighted by Crippen LogP contribution is 2.31. The number of carbonyl (C=O) groups excluding carboxylic acids is 1. The molecule has 3 nitrogen and oxygen atoms in total. The highest BCUT2D eigenvalue weighted by molar-refractivity contribution is 5.94. The van der Waals surface area contributed by atoms with Crippen molar-refractivity contribution in [3.05, 3.63) is 107 Å². The molecule has 3 aromatic rings. The standard InChI is InChI=1S/C25H25FN2O/c26-21-13-11-20(12-14-21)25(29)28-22-15-16-23(27-17-22)24(18-7-3-1-4-8-18)19-9-5-2-6-10-19/h1-14,22-24,27H,15-17H2,(H,28,29)/t22-,23+/m0/s1. The maximum absolute atomic E-state index is 13.1. The van der Waals surface area contributed by atoms with Crippen molar-refractivity contribution in [1.29, 1.82) is 0 Å². The molecule has 1 aliphatic rings. The van der Waals surface area contributed by atoms with Gasteiger partial charge in [-0.3, -0.25) is 4.79 Å². The summed E-state index contributed by atoms with van der Waals surface area (Å²) in [5.41, 5.74) is 3.08. The summed E-state index contributed by atoms with van der Waals surface area (Å²) in [7, 11) is 0. The van der Waals surface area contributed by atoms with E-state index in [0.717, 1.165) is 12.8 Å². The minimum Gasteiger partial charge on any atom is -0.348 e. The van der Waals surface area contributed by atoms with Gasteiger partial charge in [-0.1, -0.05) is 60.7 Å². The molecule has 1 aliphatic heterocycles. The maximum Gasteiger partial charge on any atom is 0.251 e. The van der Waals surface area contributed by atoms with Gasteiger partial charge >= 0.3 is 0 Å². The van der Waals surface area contributed by atoms with Crippen molar-refractivity contribution in [2.75, 3.05) is 6.54 Å². The number of piperidine rings is 1. The monoisotopic (exact) mass is 388 g/mol. The molecule has 0 saturated carbocycles. The van der Waals surface area contributed by atoms with Crippen LogP contribution in [0, 0.1) is 5.82 Å². The van der Waals surface area contributed by atoms with Crippen LogP contribution >= 0.6 is 0 Å². The van der Waals surface area contributed by atoms with Gasteiger partial charge in [0, 0.05) is 30.1 Å². The SMILES string of the molecule is O=C(N[C@H]1CC[C@H](C(c2ccccc2)c2ccccc2)NC1)c1ccc(F)cc1. The quantitative estimate of drug-likeness (QED) is 0.675. The molecule has 2 atom stereocenters. The zero-order chi connectivity index (χ0) is 20.1. The molecule has 0 spiro atoms. The number of halogens is 1. The van der Waals surface area contributed by atoms with Crippen LogP contribution in [0.3, 0.4) is 0 Å². The van der Waals surface area contributed by atoms with E-state index in [-0.39, 0.29) is 23.7 Å². The summed E-state index contributed by atoms with van der Waals surface area (Å²) in [6, 6.07) is 27.2. The van der Waals surface area contributed by atoms with Gasteiger partial charge in [0.1, 0.15) is 5.82 Å². The van der Waals surface area contributed by atoms with E-state index in [0.29, 0.717) is 18.2 Å². The largest absolute Gasteiger partial charge is 0.348 e. The van der Waals surface area contributed by atoms with E-state index in [9.17, 15) is 9.18 Å². The van der Waals surface area contributed by atoms with Gasteiger partial charge in [0.2, 0.25) is 0 Å². The van der Waals surface area contributed by atoms with Gasteiger partial charge in [-0.15, -0.1) is 0 Å². The Kier molecular flexibility index (Phi) is 6.01. The Morgan fingerprint density at radius 2 is 1.45 bits per heavy atom. The molecular weight excluding hydrogens is 363 g/mol. The van der Waals surface area contributed by atoms with Crippen molar-refractivity contribution < 1.29 is 9.18 Å². The smallest absolute Gasteiger partial charge is 0.251 e. The van der Waals surface area contributed by atoms with Gasteiger partial charge < -0.3 is 10.6 Å². The van der Waals surface area contributed by atoms with Crippen molar-refractivity contribution in [1.82, 2.24) is 10.6 Å². The van der Waals surface area contributed by atoms with Crippen molar-refractivity contribution in [2.45, 2.75) is 30.8 Å². The second-order valence-electron chi connectivity index (χ2n) is 7.57. The zero-order valence-electron chi connectivity index (χ0n) is 16.2. The van der Waals surface area contributed by atoms with Crippen LogP contribution in [-0.2, 0) is 0 Å². The summed E-state index contributed by atoms with van der Waals surface area (Å²) in [6.07, 6.45) is 1.86. The Hall–Kier alpha value is -2.98. The van der Waals surface area contributed by atoms with E-state index in [2.05, 4.69) is 59.2 Å². The number of amides is 1. The molecule has 3 aromatic carbocycles. The van der Waals surface area contributed by atoms with Crippen LogP contribution in [0.5, 0.6) is 0 Å². The normalized spacial score (nSPS) is 19.1. The van der Waals surface area contributed by atoms with E-state index in [1.807, 2.05) is 12.1 Å². The van der Waals surface area contributed by atoms with Crippen LogP contribution < -0.4 is 10.6 Å². The molecule has 1 heterocycles. The second kappa shape index (κ2) is 9.01. The number of nitrogens with one attached hydrogen (secondary N) is 2. The van der Waals surface area contributed by atoms with E-state index < -0.39 is 0 Å². The minimum atomic E-state index is -0.336. The number of hydrogen-bond acceptors (Lipinski definition) is 2. The molecule has 0 aliphatic carbocycles. The van der Waals surface area contributed by atoms with E-state index in [4.69, 9.17) is 0 Å². The molecule has 4 heteroatoms. The first-order chi connectivity index (χ1) is 14.2. The van der Waals surface area contributed by atoms with Gasteiger partial charge in [0.05, 0.1) is 0 Å². The number of carbonyl (C=O) groups is 1. The Labute approximate surface area is 171 Å². The average Bonchev–Trinajstić information content (AvgIpc) is 2.77. The molecule has 29 heavy (non-hydrogen) atoms. The lowest BCUT2D eigenvalue weighted by Crippen LogP contribution is -2.51. The maximum atomic E-state index is 13.1. The van der Waals surface area contributed by atoms with Crippen molar-refractivity contribution in [3.8, 4) is 0 Å². The van der Waals surface area contributed by atoms with Crippen LogP contribution in [0.15, 0.2) is 84.9 Å². The molecule has 2 N–H and O–H groups in total. The number of benzene rings is 3. The lowest BCUT2D eigenvalue weighted by Gasteiger charge is -2.36. The summed E-state index contributed by atoms with van der Waals surface area (Å²) < 4.78 is 13.1. The second-order valence-corrected chi connectivity index (χ2v) is 7.57. The molecule has 148 valence electrons. The molecule has 0 aromatic heterocycles. The van der Waals surface area contributed by atoms with Gasteiger partial charge in [-0.25, -0.2) is 4.39 Å². The third-order valence-corrected chi connectivity index (χ3v) is 5.61. The summed E-state index contributed by atoms with van der Waals surface area (Å²) >= 11 is 0. The Morgan fingerprint density at radius 1 is 0.862 bits per heavy atom. The zero-order valence-corrected chi connectivity index (χ0v) is 16.2. The number of hydrogen-bond donors (Lipinski definition) is 2. The lowest BCUT2D eigenvalue weighted by atomic mass is 9.81. The first kappa shape index (κ1) is 19.3. The van der Waals surface area contributed by atoms with Crippen LogP contribution in [0.2, 0.25) is 0 Å². The third kappa shape index (κ3) is 4.72. The highest BCUT2D eigenvalue weighted by Gasteiger charge is 2.30. The Balaban J connectivity index is 1.43. The summed E-state index contributed by atoms with van der Waals surface area (Å²) in [4.78, 5) is 12.4. The molecule has 0 bridgehead atoms.